The van der Waals surface area contributed by atoms with Gasteiger partial charge in [-0.2, -0.15) is 0 Å². The number of hydrogen-bond donors (Lipinski definition) is 1. The van der Waals surface area contributed by atoms with Crippen LogP contribution in [0.2, 0.25) is 0 Å². The molecule has 0 aliphatic heterocycles. The number of pyridine rings is 1. The fraction of sp³-hybridized carbons (Fsp3) is 0.267. The summed E-state index contributed by atoms with van der Waals surface area (Å²) in [7, 11) is 2.08. The largest absolute Gasteiger partial charge is 0.370 e. The molecule has 0 bridgehead atoms. The van der Waals surface area contributed by atoms with E-state index in [1.807, 2.05) is 12.3 Å². The van der Waals surface area contributed by atoms with Crippen LogP contribution in [0.15, 0.2) is 42.6 Å². The summed E-state index contributed by atoms with van der Waals surface area (Å²) >= 11 is 0. The van der Waals surface area contributed by atoms with Crippen LogP contribution in [0, 0.1) is 6.92 Å². The molecule has 2 aromatic rings. The van der Waals surface area contributed by atoms with Gasteiger partial charge >= 0.3 is 0 Å². The van der Waals surface area contributed by atoms with E-state index in [4.69, 9.17) is 0 Å². The molecule has 1 heterocycles. The number of hydrogen-bond acceptors (Lipinski definition) is 3. The molecule has 0 atom stereocenters. The van der Waals surface area contributed by atoms with E-state index in [9.17, 15) is 0 Å². The first-order valence-corrected chi connectivity index (χ1v) is 6.21. The van der Waals surface area contributed by atoms with E-state index in [-0.39, 0.29) is 0 Å². The normalized spacial score (nSPS) is 10.2. The SMILES string of the molecule is CCNc1cc(N(C)c2ccccc2C)ccn1. The summed E-state index contributed by atoms with van der Waals surface area (Å²) in [6, 6.07) is 12.5. The first-order chi connectivity index (χ1) is 8.72. The van der Waals surface area contributed by atoms with E-state index in [0.29, 0.717) is 0 Å². The molecule has 0 spiro atoms. The fourth-order valence-electron chi connectivity index (χ4n) is 1.98. The van der Waals surface area contributed by atoms with Crippen LogP contribution in [-0.4, -0.2) is 18.6 Å². The van der Waals surface area contributed by atoms with Crippen LogP contribution >= 0.6 is 0 Å². The summed E-state index contributed by atoms with van der Waals surface area (Å²) in [6.45, 7) is 5.07. The van der Waals surface area contributed by atoms with Crippen molar-refractivity contribution in [1.82, 2.24) is 4.98 Å². The third-order valence-corrected chi connectivity index (χ3v) is 2.97. The second-order valence-corrected chi connectivity index (χ2v) is 4.28. The maximum atomic E-state index is 4.29. The highest BCUT2D eigenvalue weighted by molar-refractivity contribution is 5.67. The average Bonchev–Trinajstić information content (AvgIpc) is 2.39. The first kappa shape index (κ1) is 12.4. The lowest BCUT2D eigenvalue weighted by Gasteiger charge is -2.22. The Kier molecular flexibility index (Phi) is 3.82. The van der Waals surface area contributed by atoms with Gasteiger partial charge in [-0.05, 0) is 31.5 Å². The Morgan fingerprint density at radius 1 is 1.22 bits per heavy atom. The van der Waals surface area contributed by atoms with E-state index in [1.54, 1.807) is 0 Å². The summed E-state index contributed by atoms with van der Waals surface area (Å²) in [5.74, 6) is 0.912. The molecule has 0 amide bonds. The van der Waals surface area contributed by atoms with Gasteiger partial charge in [0.25, 0.3) is 0 Å². The number of para-hydroxylation sites is 1. The van der Waals surface area contributed by atoms with Crippen molar-refractivity contribution >= 4 is 17.2 Å². The van der Waals surface area contributed by atoms with Crippen LogP contribution in [-0.2, 0) is 0 Å². The number of benzene rings is 1. The molecule has 0 aliphatic carbocycles. The van der Waals surface area contributed by atoms with Crippen molar-refractivity contribution in [2.75, 3.05) is 23.8 Å². The molecule has 3 heteroatoms. The van der Waals surface area contributed by atoms with E-state index in [1.165, 1.54) is 11.3 Å². The van der Waals surface area contributed by atoms with Gasteiger partial charge in [0.05, 0.1) is 0 Å². The van der Waals surface area contributed by atoms with Gasteiger partial charge in [-0.1, -0.05) is 18.2 Å². The van der Waals surface area contributed by atoms with Gasteiger partial charge in [-0.15, -0.1) is 0 Å². The van der Waals surface area contributed by atoms with Gasteiger partial charge in [-0.3, -0.25) is 0 Å². The van der Waals surface area contributed by atoms with Crippen LogP contribution in [0.25, 0.3) is 0 Å². The van der Waals surface area contributed by atoms with E-state index >= 15 is 0 Å². The molecule has 1 N–H and O–H groups in total. The van der Waals surface area contributed by atoms with Gasteiger partial charge in [0.1, 0.15) is 5.82 Å². The average molecular weight is 241 g/mol. The van der Waals surface area contributed by atoms with Gasteiger partial charge in [0.2, 0.25) is 0 Å². The Morgan fingerprint density at radius 3 is 2.72 bits per heavy atom. The lowest BCUT2D eigenvalue weighted by atomic mass is 10.2. The third kappa shape index (κ3) is 2.62. The molecule has 1 aromatic heterocycles. The van der Waals surface area contributed by atoms with Crippen molar-refractivity contribution in [3.8, 4) is 0 Å². The zero-order valence-corrected chi connectivity index (χ0v) is 11.1. The molecule has 3 nitrogen and oxygen atoms in total. The Balaban J connectivity index is 2.31. The number of anilines is 3. The quantitative estimate of drug-likeness (QED) is 0.886. The van der Waals surface area contributed by atoms with Crippen LogP contribution in [0.1, 0.15) is 12.5 Å². The Hall–Kier alpha value is -2.03. The lowest BCUT2D eigenvalue weighted by Crippen LogP contribution is -2.11. The van der Waals surface area contributed by atoms with Crippen molar-refractivity contribution in [2.45, 2.75) is 13.8 Å². The summed E-state index contributed by atoms with van der Waals surface area (Å²) < 4.78 is 0. The highest BCUT2D eigenvalue weighted by Gasteiger charge is 2.06. The molecule has 0 saturated heterocycles. The molecule has 0 unspecified atom stereocenters. The fourth-order valence-corrected chi connectivity index (χ4v) is 1.98. The maximum Gasteiger partial charge on any atom is 0.127 e. The molecular weight excluding hydrogens is 222 g/mol. The molecule has 1 aromatic carbocycles. The van der Waals surface area contributed by atoms with Crippen LogP contribution < -0.4 is 10.2 Å². The molecule has 0 saturated carbocycles. The van der Waals surface area contributed by atoms with Crippen molar-refractivity contribution in [2.24, 2.45) is 0 Å². The summed E-state index contributed by atoms with van der Waals surface area (Å²) in [5.41, 5.74) is 3.61. The minimum Gasteiger partial charge on any atom is -0.370 e. The molecule has 2 rings (SSSR count). The van der Waals surface area contributed by atoms with Crippen molar-refractivity contribution in [1.29, 1.82) is 0 Å². The number of rotatable bonds is 4. The van der Waals surface area contributed by atoms with E-state index in [0.717, 1.165) is 18.1 Å². The monoisotopic (exact) mass is 241 g/mol. The van der Waals surface area contributed by atoms with E-state index in [2.05, 4.69) is 66.4 Å². The predicted octanol–water partition coefficient (Wildman–Crippen LogP) is 3.59. The topological polar surface area (TPSA) is 28.2 Å². The Morgan fingerprint density at radius 2 is 2.00 bits per heavy atom. The van der Waals surface area contributed by atoms with Crippen LogP contribution in [0.4, 0.5) is 17.2 Å². The number of aryl methyl sites for hydroxylation is 1. The van der Waals surface area contributed by atoms with Crippen LogP contribution in [0.3, 0.4) is 0 Å². The molecule has 0 aliphatic rings. The highest BCUT2D eigenvalue weighted by atomic mass is 15.1. The highest BCUT2D eigenvalue weighted by Crippen LogP contribution is 2.27. The first-order valence-electron chi connectivity index (χ1n) is 6.21. The second kappa shape index (κ2) is 5.54. The smallest absolute Gasteiger partial charge is 0.127 e. The van der Waals surface area contributed by atoms with Gasteiger partial charge in [0, 0.05) is 37.2 Å². The number of nitrogens with zero attached hydrogens (tertiary/aromatic N) is 2. The summed E-state index contributed by atoms with van der Waals surface area (Å²) in [5, 5.41) is 3.23. The molecule has 94 valence electrons. The van der Waals surface area contributed by atoms with Gasteiger partial charge in [0.15, 0.2) is 0 Å². The van der Waals surface area contributed by atoms with Crippen molar-refractivity contribution in [3.63, 3.8) is 0 Å². The second-order valence-electron chi connectivity index (χ2n) is 4.28. The third-order valence-electron chi connectivity index (χ3n) is 2.97. The summed E-state index contributed by atoms with van der Waals surface area (Å²) in [6.07, 6.45) is 1.84. The van der Waals surface area contributed by atoms with Crippen LogP contribution in [0.5, 0.6) is 0 Å². The standard InChI is InChI=1S/C15H19N3/c1-4-16-15-11-13(9-10-17-15)18(3)14-8-6-5-7-12(14)2/h5-11H,4H2,1-3H3,(H,16,17). The zero-order valence-electron chi connectivity index (χ0n) is 11.1. The Bertz CT molecular complexity index is 523. The predicted molar refractivity (Wildman–Crippen MR) is 77.6 cm³/mol. The molecule has 18 heavy (non-hydrogen) atoms. The van der Waals surface area contributed by atoms with E-state index < -0.39 is 0 Å². The van der Waals surface area contributed by atoms with Gasteiger partial charge < -0.3 is 10.2 Å². The molecule has 0 fully saturated rings. The number of aromatic nitrogens is 1. The van der Waals surface area contributed by atoms with Gasteiger partial charge in [-0.25, -0.2) is 4.98 Å². The molecule has 0 radical (unpaired) electrons. The van der Waals surface area contributed by atoms with Crippen molar-refractivity contribution < 1.29 is 0 Å². The molecular formula is C15H19N3. The van der Waals surface area contributed by atoms with Crippen molar-refractivity contribution in [3.05, 3.63) is 48.2 Å². The zero-order chi connectivity index (χ0) is 13.0. The Labute approximate surface area is 108 Å². The lowest BCUT2D eigenvalue weighted by molar-refractivity contribution is 1.13. The minimum atomic E-state index is 0.879. The maximum absolute atomic E-state index is 4.29. The minimum absolute atomic E-state index is 0.879. The summed E-state index contributed by atoms with van der Waals surface area (Å²) in [4.78, 5) is 6.47. The number of nitrogens with one attached hydrogen (secondary N) is 1.